The first kappa shape index (κ1) is 30.3. The van der Waals surface area contributed by atoms with Crippen molar-refractivity contribution in [1.29, 1.82) is 0 Å². The number of carbonyl (C=O) groups is 1. The molecule has 0 aromatic rings. The summed E-state index contributed by atoms with van der Waals surface area (Å²) in [5.74, 6) is -0.171. The molecular weight excluding hydrogens is 412 g/mol. The monoisotopic (exact) mass is 462 g/mol. The van der Waals surface area contributed by atoms with Crippen molar-refractivity contribution in [3.63, 3.8) is 0 Å². The van der Waals surface area contributed by atoms with Crippen LogP contribution < -0.4 is 5.32 Å². The maximum atomic E-state index is 11.9. The molecule has 0 aromatic heterocycles. The van der Waals surface area contributed by atoms with E-state index in [1.165, 1.54) is 70.6 Å². The molecule has 0 bridgehead atoms. The predicted molar refractivity (Wildman–Crippen MR) is 129 cm³/mol. The molecule has 0 heterocycles. The quantitative estimate of drug-likeness (QED) is 0.140. The highest BCUT2D eigenvalue weighted by atomic mass is 32.2. The third-order valence-electron chi connectivity index (χ3n) is 5.93. The Morgan fingerprint density at radius 2 is 1.19 bits per heavy atom. The van der Waals surface area contributed by atoms with Gasteiger partial charge in [-0.1, -0.05) is 84.0 Å². The van der Waals surface area contributed by atoms with Gasteiger partial charge in [0, 0.05) is 31.6 Å². The molecule has 0 spiro atoms. The maximum Gasteiger partial charge on any atom is 0.219 e. The number of amides is 1. The summed E-state index contributed by atoms with van der Waals surface area (Å²) in [6.07, 6.45) is 18.8. The SMILES string of the molecule is CCCCCCCCCCCCCCCC(=O)NCCC[N+](C)(C)CCCS(=O)(=O)[O-]. The molecule has 31 heavy (non-hydrogen) atoms. The smallest absolute Gasteiger partial charge is 0.219 e. The van der Waals surface area contributed by atoms with Crippen LogP contribution in [0.3, 0.4) is 0 Å². The molecule has 0 atom stereocenters. The second-order valence-corrected chi connectivity index (χ2v) is 11.2. The minimum atomic E-state index is -4.12. The van der Waals surface area contributed by atoms with E-state index in [0.717, 1.165) is 25.8 Å². The highest BCUT2D eigenvalue weighted by Crippen LogP contribution is 2.13. The van der Waals surface area contributed by atoms with Crippen molar-refractivity contribution in [3.8, 4) is 0 Å². The van der Waals surface area contributed by atoms with Crippen molar-refractivity contribution in [1.82, 2.24) is 5.32 Å². The fourth-order valence-electron chi connectivity index (χ4n) is 3.91. The van der Waals surface area contributed by atoms with E-state index in [1.54, 1.807) is 0 Å². The number of unbranched alkanes of at least 4 members (excludes halogenated alkanes) is 12. The topological polar surface area (TPSA) is 86.3 Å². The van der Waals surface area contributed by atoms with Crippen molar-refractivity contribution < 1.29 is 22.2 Å². The Bertz CT molecular complexity index is 536. The van der Waals surface area contributed by atoms with Gasteiger partial charge in [-0.3, -0.25) is 4.79 Å². The summed E-state index contributed by atoms with van der Waals surface area (Å²) in [6.45, 7) is 4.40. The second-order valence-electron chi connectivity index (χ2n) is 9.69. The zero-order valence-corrected chi connectivity index (χ0v) is 21.4. The fourth-order valence-corrected chi connectivity index (χ4v) is 4.39. The molecule has 0 aliphatic rings. The van der Waals surface area contributed by atoms with Crippen molar-refractivity contribution in [3.05, 3.63) is 0 Å². The predicted octanol–water partition coefficient (Wildman–Crippen LogP) is 4.99. The lowest BCUT2D eigenvalue weighted by Crippen LogP contribution is -2.43. The van der Waals surface area contributed by atoms with Crippen LogP contribution in [0.25, 0.3) is 0 Å². The van der Waals surface area contributed by atoms with Crippen LogP contribution in [0.4, 0.5) is 0 Å². The molecule has 7 heteroatoms. The van der Waals surface area contributed by atoms with Crippen LogP contribution in [0.2, 0.25) is 0 Å². The number of carbonyl (C=O) groups excluding carboxylic acids is 1. The van der Waals surface area contributed by atoms with E-state index in [1.807, 2.05) is 14.1 Å². The van der Waals surface area contributed by atoms with Crippen LogP contribution in [-0.4, -0.2) is 62.8 Å². The number of rotatable bonds is 22. The van der Waals surface area contributed by atoms with Crippen LogP contribution in [0.5, 0.6) is 0 Å². The lowest BCUT2D eigenvalue weighted by atomic mass is 10.0. The van der Waals surface area contributed by atoms with Gasteiger partial charge in [0.25, 0.3) is 0 Å². The summed E-state index contributed by atoms with van der Waals surface area (Å²) >= 11 is 0. The molecule has 1 amide bonds. The highest BCUT2D eigenvalue weighted by molar-refractivity contribution is 7.85. The van der Waals surface area contributed by atoms with Crippen LogP contribution >= 0.6 is 0 Å². The molecule has 0 aromatic carbocycles. The first-order chi connectivity index (χ1) is 14.7. The van der Waals surface area contributed by atoms with E-state index in [-0.39, 0.29) is 11.7 Å². The molecule has 6 nitrogen and oxygen atoms in total. The van der Waals surface area contributed by atoms with E-state index in [2.05, 4.69) is 12.2 Å². The molecule has 0 aliphatic carbocycles. The average Bonchev–Trinajstić information content (AvgIpc) is 2.67. The van der Waals surface area contributed by atoms with E-state index in [4.69, 9.17) is 0 Å². The van der Waals surface area contributed by atoms with E-state index in [9.17, 15) is 17.8 Å². The van der Waals surface area contributed by atoms with E-state index in [0.29, 0.717) is 30.4 Å². The average molecular weight is 463 g/mol. The van der Waals surface area contributed by atoms with Gasteiger partial charge in [0.2, 0.25) is 5.91 Å². The van der Waals surface area contributed by atoms with Crippen molar-refractivity contribution in [2.45, 2.75) is 110 Å². The number of quaternary nitrogens is 1. The number of nitrogens with one attached hydrogen (secondary N) is 1. The molecule has 0 unspecified atom stereocenters. The van der Waals surface area contributed by atoms with Crippen LogP contribution in [0, 0.1) is 0 Å². The largest absolute Gasteiger partial charge is 0.748 e. The van der Waals surface area contributed by atoms with Gasteiger partial charge in [0.05, 0.1) is 37.3 Å². The first-order valence-corrected chi connectivity index (χ1v) is 14.3. The van der Waals surface area contributed by atoms with Gasteiger partial charge >= 0.3 is 0 Å². The standard InChI is InChI=1S/C24H50N2O4S/c1-4-5-6-7-8-9-10-11-12-13-14-15-16-19-24(27)25-20-17-21-26(2,3)22-18-23-31(28,29)30/h4-23H2,1-3H3,(H-,25,27,28,29,30). The minimum absolute atomic E-state index is 0.130. The lowest BCUT2D eigenvalue weighted by Gasteiger charge is -2.30. The summed E-state index contributed by atoms with van der Waals surface area (Å²) in [6, 6.07) is 0. The third-order valence-corrected chi connectivity index (χ3v) is 6.72. The molecule has 1 N–H and O–H groups in total. The van der Waals surface area contributed by atoms with Gasteiger partial charge in [0.1, 0.15) is 0 Å². The zero-order valence-electron chi connectivity index (χ0n) is 20.6. The Hall–Kier alpha value is -0.660. The number of nitrogens with zero attached hydrogens (tertiary/aromatic N) is 1. The molecule has 186 valence electrons. The summed E-state index contributed by atoms with van der Waals surface area (Å²) in [5.41, 5.74) is 0. The Morgan fingerprint density at radius 3 is 1.68 bits per heavy atom. The number of hydrogen-bond acceptors (Lipinski definition) is 4. The van der Waals surface area contributed by atoms with Gasteiger partial charge in [0.15, 0.2) is 0 Å². The van der Waals surface area contributed by atoms with E-state index < -0.39 is 10.1 Å². The summed E-state index contributed by atoms with van der Waals surface area (Å²) < 4.78 is 32.7. The maximum absolute atomic E-state index is 11.9. The summed E-state index contributed by atoms with van der Waals surface area (Å²) in [7, 11) is -0.0831. The molecular formula is C24H50N2O4S. The van der Waals surface area contributed by atoms with Gasteiger partial charge in [-0.05, 0) is 6.42 Å². The molecule has 0 fully saturated rings. The Kier molecular flexibility index (Phi) is 18.5. The molecule has 0 rings (SSSR count). The zero-order chi connectivity index (χ0) is 23.4. The Morgan fingerprint density at radius 1 is 0.742 bits per heavy atom. The van der Waals surface area contributed by atoms with Crippen LogP contribution in [0.1, 0.15) is 110 Å². The van der Waals surface area contributed by atoms with Gasteiger partial charge in [-0.2, -0.15) is 0 Å². The van der Waals surface area contributed by atoms with Gasteiger partial charge in [-0.25, -0.2) is 8.42 Å². The minimum Gasteiger partial charge on any atom is -0.748 e. The second kappa shape index (κ2) is 18.9. The van der Waals surface area contributed by atoms with Gasteiger partial charge < -0.3 is 14.4 Å². The molecule has 0 saturated carbocycles. The van der Waals surface area contributed by atoms with Crippen molar-refractivity contribution >= 4 is 16.0 Å². The normalized spacial score (nSPS) is 12.3. The van der Waals surface area contributed by atoms with Crippen LogP contribution in [-0.2, 0) is 14.9 Å². The Labute approximate surface area is 192 Å². The molecule has 0 radical (unpaired) electrons. The summed E-state index contributed by atoms with van der Waals surface area (Å²) in [4.78, 5) is 11.9. The third kappa shape index (κ3) is 23.8. The molecule has 0 saturated heterocycles. The lowest BCUT2D eigenvalue weighted by molar-refractivity contribution is -0.890. The van der Waals surface area contributed by atoms with Gasteiger partial charge in [-0.15, -0.1) is 0 Å². The molecule has 0 aliphatic heterocycles. The number of hydrogen-bond donors (Lipinski definition) is 1. The van der Waals surface area contributed by atoms with Crippen molar-refractivity contribution in [2.75, 3.05) is 39.5 Å². The van der Waals surface area contributed by atoms with Crippen LogP contribution in [0.15, 0.2) is 0 Å². The first-order valence-electron chi connectivity index (χ1n) is 12.7. The summed E-state index contributed by atoms with van der Waals surface area (Å²) in [5, 5.41) is 2.98. The van der Waals surface area contributed by atoms with E-state index >= 15 is 0 Å². The Balaban J connectivity index is 3.45. The fraction of sp³-hybridized carbons (Fsp3) is 0.958. The highest BCUT2D eigenvalue weighted by Gasteiger charge is 2.15. The van der Waals surface area contributed by atoms with Crippen molar-refractivity contribution in [2.24, 2.45) is 0 Å².